The van der Waals surface area contributed by atoms with Crippen LogP contribution in [-0.4, -0.2) is 41.2 Å². The van der Waals surface area contributed by atoms with Crippen LogP contribution in [0.3, 0.4) is 0 Å². The molecule has 0 amide bonds. The summed E-state index contributed by atoms with van der Waals surface area (Å²) in [6.45, 7) is 11.6. The molecule has 0 aromatic heterocycles. The number of Topliss-reactive ketones (excluding diaryl/α,β-unsaturated/α-hetero) is 2. The molecular weight excluding hydrogens is 645 g/mol. The maximum Gasteiger partial charge on any atom is 0.335 e. The lowest BCUT2D eigenvalue weighted by atomic mass is 9.63. The Hall–Kier alpha value is -3.14. The first-order valence-electron chi connectivity index (χ1n) is 14.4. The van der Waals surface area contributed by atoms with E-state index in [0.717, 1.165) is 50.1 Å². The second kappa shape index (κ2) is 11.2. The van der Waals surface area contributed by atoms with Crippen LogP contribution >= 0.6 is 22.6 Å². The number of halogens is 1. The number of carboxylic acid groups (broad SMARTS) is 1. The Labute approximate surface area is 261 Å². The fourth-order valence-electron chi connectivity index (χ4n) is 6.71. The van der Waals surface area contributed by atoms with Gasteiger partial charge in [-0.3, -0.25) is 9.59 Å². The topological polar surface area (TPSA) is 93.1 Å². The lowest BCUT2D eigenvalue weighted by Crippen LogP contribution is -2.44. The van der Waals surface area contributed by atoms with Gasteiger partial charge in [0, 0.05) is 47.8 Å². The Balaban J connectivity index is 1.60. The van der Waals surface area contributed by atoms with Crippen LogP contribution < -0.4 is 9.47 Å². The van der Waals surface area contributed by atoms with Crippen LogP contribution in [0.1, 0.15) is 87.7 Å². The van der Waals surface area contributed by atoms with Crippen LogP contribution in [0, 0.1) is 14.4 Å². The first kappa shape index (κ1) is 30.3. The number of ether oxygens (including phenoxy) is 2. The van der Waals surface area contributed by atoms with Crippen LogP contribution in [0.25, 0.3) is 0 Å². The highest BCUT2D eigenvalue weighted by molar-refractivity contribution is 14.1. The highest BCUT2D eigenvalue weighted by atomic mass is 127. The van der Waals surface area contributed by atoms with Gasteiger partial charge in [-0.25, -0.2) is 4.79 Å². The van der Waals surface area contributed by atoms with E-state index >= 15 is 0 Å². The van der Waals surface area contributed by atoms with Crippen molar-refractivity contribution in [2.75, 3.05) is 13.7 Å². The molecule has 0 fully saturated rings. The van der Waals surface area contributed by atoms with E-state index in [0.29, 0.717) is 30.9 Å². The SMILES string of the molecule is CCN1C2=C(C(=O)CC(C)(C)C2)C(c2cc(I)c(OCc3ccc(C(=O)O)cc3)c(OC)c2)C2=C1CC(C)(C)CC2=O. The molecule has 0 atom stereocenters. The van der Waals surface area contributed by atoms with Gasteiger partial charge in [-0.05, 0) is 88.6 Å². The molecule has 2 aromatic rings. The molecule has 7 nitrogen and oxygen atoms in total. The molecule has 0 spiro atoms. The van der Waals surface area contributed by atoms with Gasteiger partial charge in [-0.15, -0.1) is 0 Å². The summed E-state index contributed by atoms with van der Waals surface area (Å²) >= 11 is 2.22. The van der Waals surface area contributed by atoms with Crippen LogP contribution in [-0.2, 0) is 16.2 Å². The molecular formula is C34H38INO6. The Morgan fingerprint density at radius 2 is 1.50 bits per heavy atom. The van der Waals surface area contributed by atoms with Crippen molar-refractivity contribution in [3.8, 4) is 11.5 Å². The van der Waals surface area contributed by atoms with Crippen molar-refractivity contribution >= 4 is 40.1 Å². The van der Waals surface area contributed by atoms with Crippen molar-refractivity contribution in [1.29, 1.82) is 0 Å². The summed E-state index contributed by atoms with van der Waals surface area (Å²) in [5, 5.41) is 9.18. The maximum atomic E-state index is 13.9. The smallest absolute Gasteiger partial charge is 0.335 e. The van der Waals surface area contributed by atoms with E-state index in [1.165, 1.54) is 0 Å². The van der Waals surface area contributed by atoms with Crippen molar-refractivity contribution in [3.63, 3.8) is 0 Å². The summed E-state index contributed by atoms with van der Waals surface area (Å²) in [5.74, 6) is -0.138. The number of aromatic carboxylic acids is 1. The van der Waals surface area contributed by atoms with Gasteiger partial charge in [-0.1, -0.05) is 39.8 Å². The molecule has 0 saturated carbocycles. The summed E-state index contributed by atoms with van der Waals surface area (Å²) in [6.07, 6.45) is 2.44. The quantitative estimate of drug-likeness (QED) is 0.307. The molecule has 5 rings (SSSR count). The van der Waals surface area contributed by atoms with Crippen molar-refractivity contribution in [1.82, 2.24) is 4.90 Å². The number of hydrogen-bond donors (Lipinski definition) is 1. The predicted molar refractivity (Wildman–Crippen MR) is 169 cm³/mol. The van der Waals surface area contributed by atoms with Crippen molar-refractivity contribution < 1.29 is 29.0 Å². The fourth-order valence-corrected chi connectivity index (χ4v) is 7.49. The summed E-state index contributed by atoms with van der Waals surface area (Å²) < 4.78 is 12.8. The molecule has 8 heteroatoms. The van der Waals surface area contributed by atoms with E-state index in [9.17, 15) is 19.5 Å². The van der Waals surface area contributed by atoms with Crippen molar-refractivity contribution in [2.24, 2.45) is 10.8 Å². The number of carboxylic acids is 1. The normalized spacial score (nSPS) is 19.9. The minimum absolute atomic E-state index is 0.105. The average Bonchev–Trinajstić information content (AvgIpc) is 2.89. The van der Waals surface area contributed by atoms with Gasteiger partial charge in [0.05, 0.1) is 16.2 Å². The number of nitrogens with zero attached hydrogens (tertiary/aromatic N) is 1. The Morgan fingerprint density at radius 1 is 0.952 bits per heavy atom. The number of allylic oxidation sites excluding steroid dienone is 4. The highest BCUT2D eigenvalue weighted by Gasteiger charge is 2.48. The number of hydrogen-bond acceptors (Lipinski definition) is 6. The lowest BCUT2D eigenvalue weighted by Gasteiger charge is -2.49. The third kappa shape index (κ3) is 5.62. The molecule has 0 bridgehead atoms. The Morgan fingerprint density at radius 3 is 1.98 bits per heavy atom. The van der Waals surface area contributed by atoms with Crippen LogP contribution in [0.5, 0.6) is 11.5 Å². The summed E-state index contributed by atoms with van der Waals surface area (Å²) in [6, 6.07) is 10.5. The summed E-state index contributed by atoms with van der Waals surface area (Å²) in [5.41, 5.74) is 5.16. The Bertz CT molecular complexity index is 1480. The first-order valence-corrected chi connectivity index (χ1v) is 15.5. The van der Waals surface area contributed by atoms with E-state index in [1.54, 1.807) is 31.4 Å². The average molecular weight is 684 g/mol. The lowest BCUT2D eigenvalue weighted by molar-refractivity contribution is -0.119. The molecule has 42 heavy (non-hydrogen) atoms. The van der Waals surface area contributed by atoms with Gasteiger partial charge in [0.1, 0.15) is 6.61 Å². The van der Waals surface area contributed by atoms with Gasteiger partial charge in [0.25, 0.3) is 0 Å². The standard InChI is InChI=1S/C34H38INO6/c1-7-36-23-14-33(2,3)16-25(37)29(23)28(30-24(36)15-34(4,5)17-26(30)38)21-12-22(35)31(27(13-21)41-6)42-18-19-8-10-20(11-9-19)32(39)40/h8-13,28H,7,14-18H2,1-6H3,(H,39,40). The van der Waals surface area contributed by atoms with Gasteiger partial charge in [0.15, 0.2) is 23.1 Å². The summed E-state index contributed by atoms with van der Waals surface area (Å²) in [4.78, 5) is 41.3. The second-order valence-corrected chi connectivity index (χ2v) is 14.3. The number of rotatable bonds is 7. The van der Waals surface area contributed by atoms with Crippen LogP contribution in [0.15, 0.2) is 58.9 Å². The van der Waals surface area contributed by atoms with Gasteiger partial charge >= 0.3 is 5.97 Å². The molecule has 3 aliphatic rings. The molecule has 0 unspecified atom stereocenters. The second-order valence-electron chi connectivity index (χ2n) is 13.1. The monoisotopic (exact) mass is 683 g/mol. The number of ketones is 2. The minimum atomic E-state index is -0.976. The number of carbonyl (C=O) groups excluding carboxylic acids is 2. The number of carbonyl (C=O) groups is 3. The van der Waals surface area contributed by atoms with Crippen LogP contribution in [0.2, 0.25) is 0 Å². The minimum Gasteiger partial charge on any atom is -0.493 e. The van der Waals surface area contributed by atoms with Gasteiger partial charge < -0.3 is 19.5 Å². The van der Waals surface area contributed by atoms with E-state index in [-0.39, 0.29) is 34.6 Å². The molecule has 0 radical (unpaired) electrons. The molecule has 1 aliphatic heterocycles. The van der Waals surface area contributed by atoms with Crippen molar-refractivity contribution in [2.45, 2.75) is 72.8 Å². The Kier molecular flexibility index (Phi) is 8.06. The highest BCUT2D eigenvalue weighted by Crippen LogP contribution is 2.55. The third-order valence-electron chi connectivity index (χ3n) is 8.51. The third-order valence-corrected chi connectivity index (χ3v) is 9.31. The fraction of sp³-hybridized carbons (Fsp3) is 0.441. The largest absolute Gasteiger partial charge is 0.493 e. The van der Waals surface area contributed by atoms with Crippen molar-refractivity contribution in [3.05, 3.63) is 79.2 Å². The van der Waals surface area contributed by atoms with Crippen LogP contribution in [0.4, 0.5) is 0 Å². The van der Waals surface area contributed by atoms with E-state index in [4.69, 9.17) is 9.47 Å². The van der Waals surface area contributed by atoms with E-state index in [2.05, 4.69) is 62.1 Å². The number of methoxy groups -OCH3 is 1. The number of benzene rings is 2. The predicted octanol–water partition coefficient (Wildman–Crippen LogP) is 7.28. The van der Waals surface area contributed by atoms with Gasteiger partial charge in [0.2, 0.25) is 0 Å². The molecule has 2 aromatic carbocycles. The molecule has 1 heterocycles. The van der Waals surface area contributed by atoms with Gasteiger partial charge in [-0.2, -0.15) is 0 Å². The molecule has 0 saturated heterocycles. The van der Waals surface area contributed by atoms with E-state index in [1.807, 2.05) is 12.1 Å². The molecule has 1 N–H and O–H groups in total. The zero-order chi connectivity index (χ0) is 30.6. The first-order chi connectivity index (χ1) is 19.7. The van der Waals surface area contributed by atoms with E-state index < -0.39 is 11.9 Å². The zero-order valence-electron chi connectivity index (χ0n) is 25.1. The molecule has 2 aliphatic carbocycles. The zero-order valence-corrected chi connectivity index (χ0v) is 27.3. The summed E-state index contributed by atoms with van der Waals surface area (Å²) in [7, 11) is 1.58. The molecule has 222 valence electrons. The maximum absolute atomic E-state index is 13.9.